The molecule has 0 fully saturated rings. The molecule has 2 aromatic rings. The fraction of sp³-hybridized carbons (Fsp3) is 0.400. The summed E-state index contributed by atoms with van der Waals surface area (Å²) in [6.45, 7) is 7.62. The molecule has 0 aliphatic carbocycles. The summed E-state index contributed by atoms with van der Waals surface area (Å²) >= 11 is 0. The van der Waals surface area contributed by atoms with Gasteiger partial charge < -0.3 is 5.32 Å². The molecular formula is C15H20N2. The van der Waals surface area contributed by atoms with Crippen LogP contribution in [0.25, 0.3) is 10.8 Å². The summed E-state index contributed by atoms with van der Waals surface area (Å²) in [5.74, 6) is 0.558. The molecule has 2 nitrogen and oxygen atoms in total. The lowest BCUT2D eigenvalue weighted by Gasteiger charge is -2.23. The summed E-state index contributed by atoms with van der Waals surface area (Å²) in [5.41, 5.74) is 1.31. The van der Waals surface area contributed by atoms with E-state index in [2.05, 4.69) is 55.3 Å². The van der Waals surface area contributed by atoms with Crippen molar-refractivity contribution < 1.29 is 0 Å². The van der Waals surface area contributed by atoms with Crippen molar-refractivity contribution in [1.29, 1.82) is 0 Å². The summed E-state index contributed by atoms with van der Waals surface area (Å²) in [4.78, 5) is 4.36. The fourth-order valence-electron chi connectivity index (χ4n) is 2.31. The predicted molar refractivity (Wildman–Crippen MR) is 73.0 cm³/mol. The van der Waals surface area contributed by atoms with Crippen molar-refractivity contribution in [2.45, 2.75) is 26.8 Å². The van der Waals surface area contributed by atoms with Crippen LogP contribution in [0.5, 0.6) is 0 Å². The largest absolute Gasteiger partial charge is 0.310 e. The second-order valence-corrected chi connectivity index (χ2v) is 4.73. The van der Waals surface area contributed by atoms with E-state index in [1.807, 2.05) is 12.4 Å². The van der Waals surface area contributed by atoms with E-state index in [9.17, 15) is 0 Å². The fourth-order valence-corrected chi connectivity index (χ4v) is 2.31. The van der Waals surface area contributed by atoms with Crippen molar-refractivity contribution >= 4 is 10.8 Å². The molecule has 2 rings (SSSR count). The SMILES string of the molecule is CCNC(c1cncc2ccccc12)C(C)C. The van der Waals surface area contributed by atoms with Gasteiger partial charge in [-0.1, -0.05) is 45.0 Å². The molecule has 0 radical (unpaired) electrons. The van der Waals surface area contributed by atoms with E-state index in [0.29, 0.717) is 12.0 Å². The molecule has 0 saturated heterocycles. The number of nitrogens with one attached hydrogen (secondary N) is 1. The van der Waals surface area contributed by atoms with Crippen molar-refractivity contribution in [1.82, 2.24) is 10.3 Å². The van der Waals surface area contributed by atoms with Crippen LogP contribution in [0.15, 0.2) is 36.7 Å². The van der Waals surface area contributed by atoms with Gasteiger partial charge in [-0.25, -0.2) is 0 Å². The topological polar surface area (TPSA) is 24.9 Å². The van der Waals surface area contributed by atoms with Crippen molar-refractivity contribution in [2.24, 2.45) is 5.92 Å². The normalized spacial score (nSPS) is 13.2. The monoisotopic (exact) mass is 228 g/mol. The molecule has 2 heteroatoms. The summed E-state index contributed by atoms with van der Waals surface area (Å²) in [5, 5.41) is 6.07. The van der Waals surface area contributed by atoms with Gasteiger partial charge in [0.1, 0.15) is 0 Å². The molecule has 90 valence electrons. The molecule has 0 bridgehead atoms. The minimum absolute atomic E-state index is 0.374. The van der Waals surface area contributed by atoms with Crippen LogP contribution in [-0.2, 0) is 0 Å². The lowest BCUT2D eigenvalue weighted by Crippen LogP contribution is -2.25. The molecule has 1 N–H and O–H groups in total. The van der Waals surface area contributed by atoms with E-state index >= 15 is 0 Å². The summed E-state index contributed by atoms with van der Waals surface area (Å²) in [7, 11) is 0. The third-order valence-electron chi connectivity index (χ3n) is 3.12. The van der Waals surface area contributed by atoms with Crippen LogP contribution >= 0.6 is 0 Å². The minimum Gasteiger partial charge on any atom is -0.310 e. The third-order valence-corrected chi connectivity index (χ3v) is 3.12. The first-order valence-electron chi connectivity index (χ1n) is 6.30. The van der Waals surface area contributed by atoms with Crippen molar-refractivity contribution in [3.63, 3.8) is 0 Å². The average molecular weight is 228 g/mol. The highest BCUT2D eigenvalue weighted by atomic mass is 14.9. The summed E-state index contributed by atoms with van der Waals surface area (Å²) in [6, 6.07) is 8.83. The Morgan fingerprint density at radius 1 is 1.18 bits per heavy atom. The number of benzene rings is 1. The molecular weight excluding hydrogens is 208 g/mol. The van der Waals surface area contributed by atoms with Crippen LogP contribution in [0.3, 0.4) is 0 Å². The Labute approximate surface area is 103 Å². The maximum absolute atomic E-state index is 4.36. The van der Waals surface area contributed by atoms with Crippen LogP contribution in [0.2, 0.25) is 0 Å². The standard InChI is InChI=1S/C15H20N2/c1-4-17-15(11(2)3)14-10-16-9-12-7-5-6-8-13(12)14/h5-11,15,17H,4H2,1-3H3. The molecule has 1 aromatic carbocycles. The lowest BCUT2D eigenvalue weighted by molar-refractivity contribution is 0.423. The Kier molecular flexibility index (Phi) is 3.75. The molecule has 0 spiro atoms. The van der Waals surface area contributed by atoms with Gasteiger partial charge in [-0.3, -0.25) is 4.98 Å². The van der Waals surface area contributed by atoms with E-state index in [-0.39, 0.29) is 0 Å². The quantitative estimate of drug-likeness (QED) is 0.865. The smallest absolute Gasteiger partial charge is 0.0364 e. The zero-order chi connectivity index (χ0) is 12.3. The van der Waals surface area contributed by atoms with Gasteiger partial charge in [-0.15, -0.1) is 0 Å². The molecule has 0 aliphatic rings. The average Bonchev–Trinajstić information content (AvgIpc) is 2.35. The van der Waals surface area contributed by atoms with Gasteiger partial charge in [-0.05, 0) is 23.4 Å². The van der Waals surface area contributed by atoms with Crippen LogP contribution in [0.1, 0.15) is 32.4 Å². The van der Waals surface area contributed by atoms with Crippen LogP contribution in [0.4, 0.5) is 0 Å². The first-order valence-corrected chi connectivity index (χ1v) is 6.30. The number of rotatable bonds is 4. The molecule has 1 unspecified atom stereocenters. The molecule has 0 amide bonds. The minimum atomic E-state index is 0.374. The van der Waals surface area contributed by atoms with Crippen LogP contribution < -0.4 is 5.32 Å². The Balaban J connectivity index is 2.52. The lowest BCUT2D eigenvalue weighted by atomic mass is 9.93. The first-order chi connectivity index (χ1) is 8.24. The van der Waals surface area contributed by atoms with E-state index in [1.54, 1.807) is 0 Å². The van der Waals surface area contributed by atoms with Crippen molar-refractivity contribution in [3.05, 3.63) is 42.2 Å². The first kappa shape index (κ1) is 12.1. The zero-order valence-corrected chi connectivity index (χ0v) is 10.8. The maximum Gasteiger partial charge on any atom is 0.0364 e. The van der Waals surface area contributed by atoms with E-state index in [0.717, 1.165) is 6.54 Å². The number of pyridine rings is 1. The molecule has 0 saturated carbocycles. The number of aromatic nitrogens is 1. The van der Waals surface area contributed by atoms with E-state index < -0.39 is 0 Å². The van der Waals surface area contributed by atoms with Crippen molar-refractivity contribution in [2.75, 3.05) is 6.54 Å². The van der Waals surface area contributed by atoms with Gasteiger partial charge in [0.05, 0.1) is 0 Å². The second-order valence-electron chi connectivity index (χ2n) is 4.73. The van der Waals surface area contributed by atoms with E-state index in [4.69, 9.17) is 0 Å². The van der Waals surface area contributed by atoms with Gasteiger partial charge in [0.2, 0.25) is 0 Å². The highest BCUT2D eigenvalue weighted by molar-refractivity contribution is 5.85. The summed E-state index contributed by atoms with van der Waals surface area (Å²) in [6.07, 6.45) is 3.93. The van der Waals surface area contributed by atoms with Gasteiger partial charge in [0.15, 0.2) is 0 Å². The van der Waals surface area contributed by atoms with Gasteiger partial charge >= 0.3 is 0 Å². The predicted octanol–water partition coefficient (Wildman–Crippen LogP) is 3.54. The zero-order valence-electron chi connectivity index (χ0n) is 10.8. The molecule has 0 aliphatic heterocycles. The molecule has 1 heterocycles. The highest BCUT2D eigenvalue weighted by Crippen LogP contribution is 2.27. The third kappa shape index (κ3) is 2.47. The second kappa shape index (κ2) is 5.28. The maximum atomic E-state index is 4.36. The summed E-state index contributed by atoms with van der Waals surface area (Å²) < 4.78 is 0. The molecule has 1 aromatic heterocycles. The van der Waals surface area contributed by atoms with Gasteiger partial charge in [0.25, 0.3) is 0 Å². The van der Waals surface area contributed by atoms with E-state index in [1.165, 1.54) is 16.3 Å². The van der Waals surface area contributed by atoms with Crippen molar-refractivity contribution in [3.8, 4) is 0 Å². The molecule has 1 atom stereocenters. The Morgan fingerprint density at radius 3 is 2.65 bits per heavy atom. The Bertz CT molecular complexity index is 486. The highest BCUT2D eigenvalue weighted by Gasteiger charge is 2.16. The van der Waals surface area contributed by atoms with Gasteiger partial charge in [0, 0.05) is 23.8 Å². The number of fused-ring (bicyclic) bond motifs is 1. The van der Waals surface area contributed by atoms with Gasteiger partial charge in [-0.2, -0.15) is 0 Å². The molecule has 17 heavy (non-hydrogen) atoms. The van der Waals surface area contributed by atoms with Crippen LogP contribution in [0, 0.1) is 5.92 Å². The number of nitrogens with zero attached hydrogens (tertiary/aromatic N) is 1. The van der Waals surface area contributed by atoms with Crippen LogP contribution in [-0.4, -0.2) is 11.5 Å². The Hall–Kier alpha value is -1.41. The Morgan fingerprint density at radius 2 is 1.94 bits per heavy atom. The number of hydrogen-bond acceptors (Lipinski definition) is 2. The number of hydrogen-bond donors (Lipinski definition) is 1.